The normalized spacial score (nSPS) is 16.0. The number of ether oxygens (including phenoxy) is 2. The third kappa shape index (κ3) is 21.1. The van der Waals surface area contributed by atoms with Gasteiger partial charge in [0.1, 0.15) is 0 Å². The summed E-state index contributed by atoms with van der Waals surface area (Å²) in [5.74, 6) is 0. The molecule has 2 fully saturated rings. The third-order valence-electron chi connectivity index (χ3n) is 1.40. The summed E-state index contributed by atoms with van der Waals surface area (Å²) in [5.41, 5.74) is 0. The summed E-state index contributed by atoms with van der Waals surface area (Å²) in [6, 6.07) is 0. The Morgan fingerprint density at radius 2 is 1.00 bits per heavy atom. The molecule has 5 nitrogen and oxygen atoms in total. The molecule has 0 spiro atoms. The molecular weight excluding hydrogens is 272 g/mol. The van der Waals surface area contributed by atoms with Gasteiger partial charge in [-0.25, -0.2) is 13.2 Å². The van der Waals surface area contributed by atoms with Gasteiger partial charge >= 0.3 is 43.4 Å². The van der Waals surface area contributed by atoms with Gasteiger partial charge < -0.3 is 25.9 Å². The maximum atomic E-state index is 4.82. The molecule has 0 saturated carbocycles. The van der Waals surface area contributed by atoms with Crippen molar-refractivity contribution in [1.82, 2.24) is 0 Å². The molecule has 0 unspecified atom stereocenters. The molecule has 7 heteroatoms. The fraction of sp³-hybridized carbons (Fsp3) is 0.750. The zero-order valence-corrected chi connectivity index (χ0v) is 11.6. The predicted molar refractivity (Wildman–Crippen MR) is 41.0 cm³/mol. The first-order valence-electron chi connectivity index (χ1n) is 3.87. The first-order valence-corrected chi connectivity index (χ1v) is 3.87. The predicted octanol–water partition coefficient (Wildman–Crippen LogP) is 1.56. The van der Waals surface area contributed by atoms with Gasteiger partial charge in [0, 0.05) is 13.2 Å². The van der Waals surface area contributed by atoms with Gasteiger partial charge in [0.25, 0.3) is 0 Å². The molecule has 84 valence electrons. The largest absolute Gasteiger partial charge is 4.00 e. The van der Waals surface area contributed by atoms with E-state index in [9.17, 15) is 0 Å². The van der Waals surface area contributed by atoms with E-state index in [-0.39, 0.29) is 59.9 Å². The minimum atomic E-state index is 0. The van der Waals surface area contributed by atoms with Gasteiger partial charge in [0.15, 0.2) is 0 Å². The molecule has 0 aromatic rings. The summed E-state index contributed by atoms with van der Waals surface area (Å²) in [5, 5.41) is 0. The van der Waals surface area contributed by atoms with Crippen LogP contribution >= 0.6 is 0 Å². The Bertz CT molecular complexity index is 54.2. The van der Waals surface area contributed by atoms with Crippen molar-refractivity contribution >= 4 is 0 Å². The van der Waals surface area contributed by atoms with Crippen LogP contribution in [0.3, 0.4) is 0 Å². The Balaban J connectivity index is -0.0000000333. The smallest absolute Gasteiger partial charge is 2.00 e. The molecule has 2 saturated heterocycles. The van der Waals surface area contributed by atoms with E-state index in [1.54, 1.807) is 0 Å². The summed E-state index contributed by atoms with van der Waals surface area (Å²) >= 11 is 0. The van der Waals surface area contributed by atoms with Crippen LogP contribution in [0.15, 0.2) is 0 Å². The van der Waals surface area contributed by atoms with Crippen molar-refractivity contribution in [1.29, 1.82) is 0 Å². The van der Waals surface area contributed by atoms with E-state index in [1.807, 2.05) is 13.2 Å². The standard InChI is InChI=1S/2C4H7O.3O.2Ti/c2*1-2-4-5-3-1;;;;;/h2*3H,1-2,4H2;;;;;/q2*-1;3*-2;2*+4. The molecule has 0 aromatic heterocycles. The second-order valence-corrected chi connectivity index (χ2v) is 2.36. The monoisotopic (exact) mass is 286 g/mol. The summed E-state index contributed by atoms with van der Waals surface area (Å²) in [6.45, 7) is 5.61. The van der Waals surface area contributed by atoms with Gasteiger partial charge in [-0.15, -0.1) is 0 Å². The van der Waals surface area contributed by atoms with E-state index in [4.69, 9.17) is 9.47 Å². The van der Waals surface area contributed by atoms with Crippen molar-refractivity contribution in [3.8, 4) is 0 Å². The molecule has 2 rings (SSSR count). The van der Waals surface area contributed by atoms with Crippen molar-refractivity contribution in [3.05, 3.63) is 13.2 Å². The molecule has 0 aliphatic carbocycles. The van der Waals surface area contributed by atoms with Crippen LogP contribution in [-0.4, -0.2) is 13.2 Å². The Kier molecular flexibility index (Phi) is 48.7. The molecule has 2 heterocycles. The molecule has 0 atom stereocenters. The zero-order valence-electron chi connectivity index (χ0n) is 8.44. The molecule has 2 aliphatic rings. The van der Waals surface area contributed by atoms with Gasteiger partial charge in [-0.2, -0.15) is 12.8 Å². The van der Waals surface area contributed by atoms with E-state index >= 15 is 0 Å². The fourth-order valence-electron chi connectivity index (χ4n) is 0.833. The van der Waals surface area contributed by atoms with Gasteiger partial charge in [-0.05, 0) is 0 Å². The van der Waals surface area contributed by atoms with Crippen LogP contribution in [0.2, 0.25) is 0 Å². The summed E-state index contributed by atoms with van der Waals surface area (Å²) in [4.78, 5) is 0. The molecule has 15 heavy (non-hydrogen) atoms. The van der Waals surface area contributed by atoms with Crippen molar-refractivity contribution < 1.29 is 69.3 Å². The average Bonchev–Trinajstić information content (AvgIpc) is 2.67. The number of hydrogen-bond acceptors (Lipinski definition) is 2. The van der Waals surface area contributed by atoms with E-state index in [0.29, 0.717) is 0 Å². The Labute approximate surface area is 121 Å². The van der Waals surface area contributed by atoms with Crippen LogP contribution < -0.4 is 0 Å². The van der Waals surface area contributed by atoms with Gasteiger partial charge in [-0.1, -0.05) is 12.8 Å². The van der Waals surface area contributed by atoms with Gasteiger partial charge in [-0.3, -0.25) is 0 Å². The Morgan fingerprint density at radius 3 is 1.07 bits per heavy atom. The Hall–Kier alpha value is 1.23. The quantitative estimate of drug-likeness (QED) is 0.498. The number of rotatable bonds is 0. The molecule has 0 aromatic carbocycles. The van der Waals surface area contributed by atoms with Gasteiger partial charge in [0.2, 0.25) is 0 Å². The first kappa shape index (κ1) is 29.9. The van der Waals surface area contributed by atoms with Crippen LogP contribution in [0.25, 0.3) is 0 Å². The molecule has 0 bridgehead atoms. The van der Waals surface area contributed by atoms with E-state index in [0.717, 1.165) is 26.1 Å². The molecule has 0 amide bonds. The van der Waals surface area contributed by atoms with Crippen LogP contribution in [-0.2, 0) is 69.3 Å². The topological polar surface area (TPSA) is 104 Å². The molecule has 0 radical (unpaired) electrons. The van der Waals surface area contributed by atoms with Crippen LogP contribution in [0, 0.1) is 13.2 Å². The second-order valence-electron chi connectivity index (χ2n) is 2.36. The molecule has 0 N–H and O–H groups in total. The first-order chi connectivity index (χ1) is 5.00. The van der Waals surface area contributed by atoms with E-state index in [1.165, 1.54) is 12.8 Å². The molecular formula is C8H14O5Ti2. The average molecular weight is 286 g/mol. The maximum absolute atomic E-state index is 4.82. The van der Waals surface area contributed by atoms with Crippen LogP contribution in [0.4, 0.5) is 0 Å². The van der Waals surface area contributed by atoms with E-state index < -0.39 is 0 Å². The van der Waals surface area contributed by atoms with E-state index in [2.05, 4.69) is 0 Å². The molecule has 2 aliphatic heterocycles. The SMILES string of the molecule is [CH-]1CCCO1.[CH-]1CCCO1.[O-2].[O-2].[O-2].[Ti+4].[Ti+4]. The fourth-order valence-corrected chi connectivity index (χ4v) is 0.833. The summed E-state index contributed by atoms with van der Waals surface area (Å²) in [7, 11) is 0. The minimum Gasteiger partial charge on any atom is -2.00 e. The minimum absolute atomic E-state index is 0. The van der Waals surface area contributed by atoms with Crippen molar-refractivity contribution in [2.24, 2.45) is 0 Å². The van der Waals surface area contributed by atoms with Crippen molar-refractivity contribution in [2.75, 3.05) is 13.2 Å². The third-order valence-corrected chi connectivity index (χ3v) is 1.40. The Morgan fingerprint density at radius 1 is 0.667 bits per heavy atom. The number of hydrogen-bond donors (Lipinski definition) is 0. The van der Waals surface area contributed by atoms with Gasteiger partial charge in [0.05, 0.1) is 0 Å². The second kappa shape index (κ2) is 24.5. The van der Waals surface area contributed by atoms with Crippen LogP contribution in [0.5, 0.6) is 0 Å². The summed E-state index contributed by atoms with van der Waals surface area (Å²) in [6.07, 6.45) is 4.75. The zero-order chi connectivity index (χ0) is 7.07. The van der Waals surface area contributed by atoms with Crippen molar-refractivity contribution in [2.45, 2.75) is 25.7 Å². The summed E-state index contributed by atoms with van der Waals surface area (Å²) < 4.78 is 9.64. The van der Waals surface area contributed by atoms with Crippen LogP contribution in [0.1, 0.15) is 25.7 Å². The van der Waals surface area contributed by atoms with Crippen molar-refractivity contribution in [3.63, 3.8) is 0 Å². The maximum Gasteiger partial charge on any atom is 4.00 e.